The van der Waals surface area contributed by atoms with Crippen LogP contribution in [-0.2, 0) is 4.79 Å². The van der Waals surface area contributed by atoms with Crippen molar-refractivity contribution in [2.24, 2.45) is 0 Å². The summed E-state index contributed by atoms with van der Waals surface area (Å²) in [4.78, 5) is 30.4. The molecule has 0 fully saturated rings. The average molecular weight is 535 g/mol. The summed E-state index contributed by atoms with van der Waals surface area (Å²) in [5.74, 6) is -0.406. The molecular formula is C21H14BrClFN5O2S. The minimum absolute atomic E-state index is 0.0217. The number of nitrogens with one attached hydrogen (secondary N) is 1. The topological polar surface area (TPSA) is 81.8 Å². The van der Waals surface area contributed by atoms with Crippen LogP contribution in [0, 0.1) is 5.82 Å². The Morgan fingerprint density at radius 2 is 2.06 bits per heavy atom. The lowest BCUT2D eigenvalue weighted by Gasteiger charge is -2.14. The molecular weight excluding hydrogens is 521 g/mol. The van der Waals surface area contributed by atoms with Gasteiger partial charge in [0.15, 0.2) is 10.8 Å². The molecule has 4 aromatic rings. The summed E-state index contributed by atoms with van der Waals surface area (Å²) in [6.45, 7) is 0. The monoisotopic (exact) mass is 533 g/mol. The number of benzene rings is 2. The van der Waals surface area contributed by atoms with Crippen LogP contribution in [0.4, 0.5) is 10.1 Å². The third-order valence-corrected chi connectivity index (χ3v) is 6.91. The number of rotatable bonds is 4. The van der Waals surface area contributed by atoms with Crippen molar-refractivity contribution in [2.45, 2.75) is 17.6 Å². The molecule has 2 aromatic heterocycles. The van der Waals surface area contributed by atoms with Gasteiger partial charge in [-0.15, -0.1) is 0 Å². The molecule has 1 aliphatic rings. The molecule has 2 aromatic carbocycles. The van der Waals surface area contributed by atoms with Crippen LogP contribution in [0.1, 0.15) is 12.5 Å². The molecule has 0 radical (unpaired) electrons. The van der Waals surface area contributed by atoms with E-state index in [-0.39, 0.29) is 23.6 Å². The Hall–Kier alpha value is -2.69. The highest BCUT2D eigenvalue weighted by molar-refractivity contribution is 9.10. The first kappa shape index (κ1) is 21.2. The maximum atomic E-state index is 14.0. The highest BCUT2D eigenvalue weighted by Crippen LogP contribution is 2.34. The van der Waals surface area contributed by atoms with E-state index in [1.54, 1.807) is 35.0 Å². The number of nitrogens with zero attached hydrogens (tertiary/aromatic N) is 4. The Balaban J connectivity index is 1.44. The van der Waals surface area contributed by atoms with Gasteiger partial charge in [-0.25, -0.2) is 14.1 Å². The summed E-state index contributed by atoms with van der Waals surface area (Å²) in [6.07, 6.45) is 1.50. The molecule has 32 heavy (non-hydrogen) atoms. The van der Waals surface area contributed by atoms with Crippen molar-refractivity contribution in [3.05, 3.63) is 74.3 Å². The molecule has 7 nitrogen and oxygen atoms in total. The van der Waals surface area contributed by atoms with Crippen LogP contribution >= 0.6 is 39.3 Å². The first-order valence-corrected chi connectivity index (χ1v) is 11.7. The Bertz CT molecular complexity index is 1420. The van der Waals surface area contributed by atoms with Crippen molar-refractivity contribution in [2.75, 3.05) is 11.1 Å². The predicted octanol–water partition coefficient (Wildman–Crippen LogP) is 4.81. The van der Waals surface area contributed by atoms with Crippen molar-refractivity contribution in [1.82, 2.24) is 19.3 Å². The first-order chi connectivity index (χ1) is 15.4. The molecule has 1 atom stereocenters. The van der Waals surface area contributed by atoms with Gasteiger partial charge < -0.3 is 5.32 Å². The number of halogens is 3. The van der Waals surface area contributed by atoms with E-state index in [4.69, 9.17) is 11.6 Å². The Morgan fingerprint density at radius 1 is 1.28 bits per heavy atom. The van der Waals surface area contributed by atoms with E-state index in [0.717, 1.165) is 5.69 Å². The van der Waals surface area contributed by atoms with Gasteiger partial charge in [-0.2, -0.15) is 5.10 Å². The minimum atomic E-state index is -0.538. The Kier molecular flexibility index (Phi) is 5.52. The smallest absolute Gasteiger partial charge is 0.265 e. The number of hydrogen-bond donors (Lipinski definition) is 1. The quantitative estimate of drug-likeness (QED) is 0.380. The van der Waals surface area contributed by atoms with E-state index in [0.29, 0.717) is 31.4 Å². The van der Waals surface area contributed by atoms with Crippen molar-refractivity contribution < 1.29 is 9.18 Å². The lowest BCUT2D eigenvalue weighted by molar-refractivity contribution is -0.116. The van der Waals surface area contributed by atoms with Gasteiger partial charge in [0.1, 0.15) is 11.2 Å². The summed E-state index contributed by atoms with van der Waals surface area (Å²) in [5, 5.41) is 8.37. The zero-order valence-corrected chi connectivity index (χ0v) is 19.4. The van der Waals surface area contributed by atoms with E-state index >= 15 is 0 Å². The molecule has 1 amide bonds. The van der Waals surface area contributed by atoms with E-state index in [9.17, 15) is 14.0 Å². The largest absolute Gasteiger partial charge is 0.324 e. The Morgan fingerprint density at radius 3 is 2.81 bits per heavy atom. The number of anilines is 1. The third kappa shape index (κ3) is 3.82. The Labute approximate surface area is 198 Å². The number of amides is 1. The molecule has 0 saturated carbocycles. The normalized spacial score (nSPS) is 15.2. The molecule has 3 heterocycles. The maximum absolute atomic E-state index is 14.0. The molecule has 0 saturated heterocycles. The summed E-state index contributed by atoms with van der Waals surface area (Å²) >= 11 is 10.5. The van der Waals surface area contributed by atoms with E-state index in [1.165, 1.54) is 34.7 Å². The van der Waals surface area contributed by atoms with Crippen molar-refractivity contribution in [1.29, 1.82) is 0 Å². The first-order valence-electron chi connectivity index (χ1n) is 9.54. The van der Waals surface area contributed by atoms with Crippen LogP contribution < -0.4 is 10.9 Å². The summed E-state index contributed by atoms with van der Waals surface area (Å²) < 4.78 is 17.7. The minimum Gasteiger partial charge on any atom is -0.324 e. The lowest BCUT2D eigenvalue weighted by Crippen LogP contribution is -2.28. The van der Waals surface area contributed by atoms with E-state index in [2.05, 4.69) is 31.3 Å². The summed E-state index contributed by atoms with van der Waals surface area (Å²) in [5.41, 5.74) is 1.01. The number of carbonyl (C=O) groups excluding carboxylic acids is 1. The summed E-state index contributed by atoms with van der Waals surface area (Å²) in [7, 11) is 0. The van der Waals surface area contributed by atoms with Gasteiger partial charge in [-0.05, 0) is 42.5 Å². The van der Waals surface area contributed by atoms with Gasteiger partial charge in [0.25, 0.3) is 5.56 Å². The molecule has 0 aliphatic carbocycles. The van der Waals surface area contributed by atoms with Crippen LogP contribution in [0.3, 0.4) is 0 Å². The molecule has 162 valence electrons. The van der Waals surface area contributed by atoms with Crippen molar-refractivity contribution in [3.63, 3.8) is 0 Å². The standard InChI is InChI=1S/C21H14BrClFN5O2S/c22-11-1-6-17(16(24)7-11)26-18(30)8-14-10-32-21-27-19-15(20(31)28(14)21)9-25-29(19)13-4-2-12(23)3-5-13/h1-7,9,14H,8,10H2,(H,26,30). The fraction of sp³-hybridized carbons (Fsp3) is 0.143. The second-order valence-corrected chi connectivity index (χ2v) is 9.52. The molecule has 11 heteroatoms. The molecule has 5 rings (SSSR count). The molecule has 1 N–H and O–H groups in total. The van der Waals surface area contributed by atoms with Gasteiger partial charge in [0.05, 0.1) is 23.6 Å². The maximum Gasteiger partial charge on any atom is 0.265 e. The molecule has 1 unspecified atom stereocenters. The van der Waals surface area contributed by atoms with Gasteiger partial charge in [-0.1, -0.05) is 39.3 Å². The molecule has 0 spiro atoms. The lowest BCUT2D eigenvalue weighted by atomic mass is 10.2. The van der Waals surface area contributed by atoms with E-state index in [1.807, 2.05) is 0 Å². The fourth-order valence-corrected chi connectivity index (χ4v) is 5.15. The van der Waals surface area contributed by atoms with Gasteiger partial charge >= 0.3 is 0 Å². The van der Waals surface area contributed by atoms with Crippen LogP contribution in [-0.4, -0.2) is 31.0 Å². The van der Waals surface area contributed by atoms with Crippen LogP contribution in [0.5, 0.6) is 0 Å². The summed E-state index contributed by atoms with van der Waals surface area (Å²) in [6, 6.07) is 11.1. The highest BCUT2D eigenvalue weighted by atomic mass is 79.9. The van der Waals surface area contributed by atoms with E-state index < -0.39 is 11.9 Å². The van der Waals surface area contributed by atoms with Crippen molar-refractivity contribution in [3.8, 4) is 5.69 Å². The second-order valence-electron chi connectivity index (χ2n) is 7.18. The predicted molar refractivity (Wildman–Crippen MR) is 125 cm³/mol. The van der Waals surface area contributed by atoms with Crippen LogP contribution in [0.25, 0.3) is 16.7 Å². The SMILES string of the molecule is O=C(CC1CSc2nc3c(cnn3-c3ccc(Cl)cc3)c(=O)n21)Nc1ccc(Br)cc1F. The number of carbonyl (C=O) groups is 1. The average Bonchev–Trinajstić information content (AvgIpc) is 3.36. The number of hydrogen-bond acceptors (Lipinski definition) is 5. The molecule has 0 bridgehead atoms. The zero-order chi connectivity index (χ0) is 22.4. The van der Waals surface area contributed by atoms with Gasteiger partial charge in [0.2, 0.25) is 5.91 Å². The number of fused-ring (bicyclic) bond motifs is 2. The fourth-order valence-electron chi connectivity index (χ4n) is 3.56. The third-order valence-electron chi connectivity index (χ3n) is 5.07. The van der Waals surface area contributed by atoms with Crippen LogP contribution in [0.2, 0.25) is 5.02 Å². The van der Waals surface area contributed by atoms with Gasteiger partial charge in [-0.3, -0.25) is 14.2 Å². The van der Waals surface area contributed by atoms with Gasteiger partial charge in [0, 0.05) is 21.7 Å². The van der Waals surface area contributed by atoms with Crippen molar-refractivity contribution >= 4 is 61.9 Å². The number of thioether (sulfide) groups is 1. The van der Waals surface area contributed by atoms with Crippen LogP contribution in [0.15, 0.2) is 63.1 Å². The highest BCUT2D eigenvalue weighted by Gasteiger charge is 2.29. The second kappa shape index (κ2) is 8.34. The zero-order valence-electron chi connectivity index (χ0n) is 16.3. The number of aromatic nitrogens is 4. The molecule has 1 aliphatic heterocycles.